The van der Waals surface area contributed by atoms with Crippen LogP contribution in [0.4, 0.5) is 20.2 Å². The van der Waals surface area contributed by atoms with Crippen LogP contribution in [0.15, 0.2) is 65.0 Å². The van der Waals surface area contributed by atoms with E-state index in [-0.39, 0.29) is 28.5 Å². The Balaban J connectivity index is 1.43. The number of carbonyl (C=O) groups excluding carboxylic acids is 1. The van der Waals surface area contributed by atoms with Crippen LogP contribution in [-0.2, 0) is 0 Å². The predicted octanol–water partition coefficient (Wildman–Crippen LogP) is 5.09. The standard InChI is InChI=1S/C22H14ClF2N7O3S/c1-34-22-17(4-11(23)5-27-22)36-31-14-3-2-13(24)18(19(14)25)15-8-32-10-28-20(16(32)7-26-15)21(33)30-12-6-29-35-9-12/h2-10,31H,1H3,(H,30,33). The van der Waals surface area contributed by atoms with Crippen LogP contribution < -0.4 is 14.8 Å². The number of methoxy groups -OCH3 is 1. The summed E-state index contributed by atoms with van der Waals surface area (Å²) < 4.78 is 44.3. The SMILES string of the molecule is COc1ncc(Cl)cc1SNc1ccc(F)c(-c2cn3cnc(C(=O)Nc4cnoc4)c3cn2)c1F. The number of fused-ring (bicyclic) bond motifs is 1. The summed E-state index contributed by atoms with van der Waals surface area (Å²) in [5.74, 6) is -1.92. The predicted molar refractivity (Wildman–Crippen MR) is 128 cm³/mol. The maximum Gasteiger partial charge on any atom is 0.276 e. The van der Waals surface area contributed by atoms with Crippen LogP contribution in [0.3, 0.4) is 0 Å². The van der Waals surface area contributed by atoms with E-state index in [4.69, 9.17) is 16.3 Å². The molecule has 1 amide bonds. The van der Waals surface area contributed by atoms with Gasteiger partial charge in [0.1, 0.15) is 24.1 Å². The second-order valence-electron chi connectivity index (χ2n) is 7.17. The number of anilines is 2. The first-order chi connectivity index (χ1) is 17.4. The Kier molecular flexibility index (Phi) is 6.40. The molecular formula is C22H14ClF2N7O3S. The van der Waals surface area contributed by atoms with E-state index in [1.54, 1.807) is 6.07 Å². The lowest BCUT2D eigenvalue weighted by atomic mass is 10.1. The van der Waals surface area contributed by atoms with Crippen molar-refractivity contribution in [3.8, 4) is 17.1 Å². The van der Waals surface area contributed by atoms with E-state index in [0.717, 1.165) is 18.0 Å². The number of nitrogens with zero attached hydrogens (tertiary/aromatic N) is 5. The molecule has 182 valence electrons. The maximum atomic E-state index is 15.4. The summed E-state index contributed by atoms with van der Waals surface area (Å²) in [5, 5.41) is 6.45. The van der Waals surface area contributed by atoms with Crippen molar-refractivity contribution in [1.82, 2.24) is 24.5 Å². The lowest BCUT2D eigenvalue weighted by Crippen LogP contribution is -2.12. The summed E-state index contributed by atoms with van der Waals surface area (Å²) in [5.41, 5.74) is 0.383. The Morgan fingerprint density at radius 1 is 1.19 bits per heavy atom. The first kappa shape index (κ1) is 23.5. The number of halogens is 3. The fraction of sp³-hybridized carbons (Fsp3) is 0.0455. The lowest BCUT2D eigenvalue weighted by molar-refractivity contribution is 0.102. The fourth-order valence-electron chi connectivity index (χ4n) is 3.27. The highest BCUT2D eigenvalue weighted by molar-refractivity contribution is 8.00. The average Bonchev–Trinajstić information content (AvgIpc) is 3.53. The molecule has 0 saturated carbocycles. The molecule has 0 bridgehead atoms. The molecule has 0 aliphatic heterocycles. The van der Waals surface area contributed by atoms with E-state index in [9.17, 15) is 9.18 Å². The quantitative estimate of drug-likeness (QED) is 0.278. The third kappa shape index (κ3) is 4.53. The largest absolute Gasteiger partial charge is 0.480 e. The van der Waals surface area contributed by atoms with Crippen LogP contribution in [0.25, 0.3) is 16.8 Å². The third-order valence-corrected chi connectivity index (χ3v) is 5.96. The minimum atomic E-state index is -0.867. The fourth-order valence-corrected chi connectivity index (χ4v) is 4.28. The van der Waals surface area contributed by atoms with Crippen LogP contribution in [0.5, 0.6) is 5.88 Å². The Morgan fingerprint density at radius 3 is 2.83 bits per heavy atom. The van der Waals surface area contributed by atoms with Gasteiger partial charge in [0.05, 0.1) is 51.9 Å². The van der Waals surface area contributed by atoms with Crippen molar-refractivity contribution in [2.24, 2.45) is 0 Å². The molecule has 2 N–H and O–H groups in total. The van der Waals surface area contributed by atoms with Gasteiger partial charge in [-0.2, -0.15) is 0 Å². The second-order valence-corrected chi connectivity index (χ2v) is 8.46. The van der Waals surface area contributed by atoms with E-state index < -0.39 is 17.5 Å². The highest BCUT2D eigenvalue weighted by Gasteiger charge is 2.20. The van der Waals surface area contributed by atoms with Gasteiger partial charge in [-0.1, -0.05) is 16.8 Å². The minimum Gasteiger partial charge on any atom is -0.480 e. The number of carbonyl (C=O) groups is 1. The van der Waals surface area contributed by atoms with Gasteiger partial charge in [-0.25, -0.2) is 18.7 Å². The zero-order valence-corrected chi connectivity index (χ0v) is 19.8. The summed E-state index contributed by atoms with van der Waals surface area (Å²) in [7, 11) is 1.44. The number of benzene rings is 1. The molecular weight excluding hydrogens is 516 g/mol. The van der Waals surface area contributed by atoms with Crippen LogP contribution in [0.2, 0.25) is 5.02 Å². The van der Waals surface area contributed by atoms with Crippen molar-refractivity contribution in [2.75, 3.05) is 17.1 Å². The number of nitrogens with one attached hydrogen (secondary N) is 2. The van der Waals surface area contributed by atoms with Crippen LogP contribution >= 0.6 is 23.5 Å². The smallest absolute Gasteiger partial charge is 0.276 e. The molecule has 10 nitrogen and oxygen atoms in total. The van der Waals surface area contributed by atoms with Gasteiger partial charge in [0.25, 0.3) is 5.91 Å². The van der Waals surface area contributed by atoms with E-state index in [0.29, 0.717) is 21.1 Å². The zero-order valence-electron chi connectivity index (χ0n) is 18.2. The summed E-state index contributed by atoms with van der Waals surface area (Å²) in [6.45, 7) is 0. The molecule has 5 aromatic rings. The highest BCUT2D eigenvalue weighted by atomic mass is 35.5. The number of aromatic nitrogens is 5. The number of hydrogen-bond acceptors (Lipinski definition) is 9. The van der Waals surface area contributed by atoms with Crippen molar-refractivity contribution in [3.63, 3.8) is 0 Å². The van der Waals surface area contributed by atoms with Crippen molar-refractivity contribution < 1.29 is 22.8 Å². The van der Waals surface area contributed by atoms with Crippen LogP contribution in [0, 0.1) is 11.6 Å². The van der Waals surface area contributed by atoms with Gasteiger partial charge in [-0.05, 0) is 30.1 Å². The number of hydrogen-bond donors (Lipinski definition) is 2. The summed E-state index contributed by atoms with van der Waals surface area (Å²) >= 11 is 6.98. The van der Waals surface area contributed by atoms with Gasteiger partial charge >= 0.3 is 0 Å². The van der Waals surface area contributed by atoms with Crippen LogP contribution in [0.1, 0.15) is 10.5 Å². The van der Waals surface area contributed by atoms with E-state index in [1.807, 2.05) is 0 Å². The van der Waals surface area contributed by atoms with E-state index in [2.05, 4.69) is 34.7 Å². The summed E-state index contributed by atoms with van der Waals surface area (Å²) in [6, 6.07) is 3.97. The molecule has 0 unspecified atom stereocenters. The molecule has 0 spiro atoms. The molecule has 0 aliphatic rings. The maximum absolute atomic E-state index is 15.4. The molecule has 1 aromatic carbocycles. The normalized spacial score (nSPS) is 11.0. The van der Waals surface area contributed by atoms with Gasteiger partial charge in [0, 0.05) is 12.4 Å². The topological polar surface area (TPSA) is 119 Å². The third-order valence-electron chi connectivity index (χ3n) is 4.92. The minimum absolute atomic E-state index is 0.000236. The Hall–Kier alpha value is -4.23. The molecule has 4 aromatic heterocycles. The zero-order chi connectivity index (χ0) is 25.2. The van der Waals surface area contributed by atoms with Gasteiger partial charge in [0.15, 0.2) is 11.5 Å². The Bertz CT molecular complexity index is 1580. The van der Waals surface area contributed by atoms with Crippen LogP contribution in [-0.4, -0.2) is 37.5 Å². The van der Waals surface area contributed by atoms with E-state index in [1.165, 1.54) is 55.0 Å². The molecule has 0 atom stereocenters. The van der Waals surface area contributed by atoms with Crippen molar-refractivity contribution in [1.29, 1.82) is 0 Å². The molecule has 0 saturated heterocycles. The molecule has 0 aliphatic carbocycles. The summed E-state index contributed by atoms with van der Waals surface area (Å²) in [4.78, 5) is 25.3. The van der Waals surface area contributed by atoms with Crippen molar-refractivity contribution in [2.45, 2.75) is 4.90 Å². The Morgan fingerprint density at radius 2 is 2.06 bits per heavy atom. The van der Waals surface area contributed by atoms with Gasteiger partial charge in [-0.3, -0.25) is 9.78 Å². The average molecular weight is 530 g/mol. The molecule has 4 heterocycles. The van der Waals surface area contributed by atoms with E-state index >= 15 is 4.39 Å². The monoisotopic (exact) mass is 529 g/mol. The van der Waals surface area contributed by atoms with Crippen molar-refractivity contribution in [3.05, 3.63) is 77.9 Å². The summed E-state index contributed by atoms with van der Waals surface area (Å²) in [6.07, 6.45) is 8.03. The Labute approximate surface area is 210 Å². The number of rotatable bonds is 7. The molecule has 0 fully saturated rings. The molecule has 0 radical (unpaired) electrons. The molecule has 14 heteroatoms. The number of imidazole rings is 1. The first-order valence-corrected chi connectivity index (χ1v) is 11.3. The lowest BCUT2D eigenvalue weighted by Gasteiger charge is -2.12. The van der Waals surface area contributed by atoms with Gasteiger partial charge < -0.3 is 23.7 Å². The molecule has 36 heavy (non-hydrogen) atoms. The van der Waals surface area contributed by atoms with Gasteiger partial charge in [0.2, 0.25) is 5.88 Å². The highest BCUT2D eigenvalue weighted by Crippen LogP contribution is 2.35. The molecule has 5 rings (SSSR count). The number of ether oxygens (including phenoxy) is 1. The van der Waals surface area contributed by atoms with Gasteiger partial charge in [-0.15, -0.1) is 0 Å². The number of amides is 1. The van der Waals surface area contributed by atoms with Crippen molar-refractivity contribution >= 4 is 46.3 Å². The number of pyridine rings is 1. The second kappa shape index (κ2) is 9.79. The first-order valence-electron chi connectivity index (χ1n) is 10.1.